The summed E-state index contributed by atoms with van der Waals surface area (Å²) in [4.78, 5) is 22.5. The van der Waals surface area contributed by atoms with Gasteiger partial charge in [0.15, 0.2) is 0 Å². The molecule has 0 unspecified atom stereocenters. The minimum atomic E-state index is -4.70. The number of hydrogen-bond acceptors (Lipinski definition) is 4. The van der Waals surface area contributed by atoms with Crippen molar-refractivity contribution in [2.45, 2.75) is 19.0 Å². The Balaban J connectivity index is 2.02. The number of carboxylic acids is 1. The van der Waals surface area contributed by atoms with Crippen molar-refractivity contribution in [3.63, 3.8) is 0 Å². The lowest BCUT2D eigenvalue weighted by Gasteiger charge is -2.23. The molecule has 0 saturated heterocycles. The molecule has 2 aromatic rings. The van der Waals surface area contributed by atoms with Crippen LogP contribution in [0.2, 0.25) is 0 Å². The highest BCUT2D eigenvalue weighted by molar-refractivity contribution is 5.91. The first-order valence-corrected chi connectivity index (χ1v) is 7.76. The van der Waals surface area contributed by atoms with Gasteiger partial charge in [-0.25, -0.2) is 9.59 Å². The van der Waals surface area contributed by atoms with Gasteiger partial charge in [0.25, 0.3) is 0 Å². The smallest absolute Gasteiger partial charge is 0.463 e. The number of aliphatic carboxylic acids is 1. The third-order valence-corrected chi connectivity index (χ3v) is 3.36. The summed E-state index contributed by atoms with van der Waals surface area (Å²) in [5.74, 6) is -6.68. The molecule has 0 aliphatic heterocycles. The first-order chi connectivity index (χ1) is 13.0. The van der Waals surface area contributed by atoms with E-state index in [1.165, 1.54) is 30.3 Å². The molecule has 5 nitrogen and oxygen atoms in total. The van der Waals surface area contributed by atoms with Crippen LogP contribution in [-0.4, -0.2) is 29.1 Å². The number of hydrogen-bond donors (Lipinski definition) is 1. The van der Waals surface area contributed by atoms with Gasteiger partial charge >= 0.3 is 24.0 Å². The third kappa shape index (κ3) is 5.57. The molecule has 0 aliphatic rings. The quantitative estimate of drug-likeness (QED) is 0.319. The number of carboxylic acid groups (broad SMARTS) is 1. The summed E-state index contributed by atoms with van der Waals surface area (Å²) in [6.45, 7) is 0.0292. The fourth-order valence-corrected chi connectivity index (χ4v) is 1.88. The van der Waals surface area contributed by atoms with Crippen molar-refractivity contribution in [3.05, 3.63) is 65.7 Å². The zero-order valence-electron chi connectivity index (χ0n) is 14.4. The van der Waals surface area contributed by atoms with Gasteiger partial charge < -0.3 is 14.6 Å². The molecule has 0 aromatic heterocycles. The molecule has 28 heavy (non-hydrogen) atoms. The van der Waals surface area contributed by atoms with Crippen LogP contribution in [0, 0.1) is 0 Å². The van der Waals surface area contributed by atoms with E-state index in [0.717, 1.165) is 30.3 Å². The molecule has 0 bridgehead atoms. The summed E-state index contributed by atoms with van der Waals surface area (Å²) in [7, 11) is 0. The van der Waals surface area contributed by atoms with Crippen molar-refractivity contribution < 1.29 is 41.7 Å². The second-order valence-corrected chi connectivity index (χ2v) is 5.66. The largest absolute Gasteiger partial charge is 0.478 e. The van der Waals surface area contributed by atoms with Crippen LogP contribution >= 0.6 is 0 Å². The molecule has 0 heterocycles. The molecule has 0 aliphatic carbocycles. The fourth-order valence-electron chi connectivity index (χ4n) is 1.88. The fraction of sp³-hybridized carbons (Fsp3) is 0.158. The molecule has 0 fully saturated rings. The van der Waals surface area contributed by atoms with Crippen LogP contribution in [0.4, 0.5) is 17.6 Å². The monoisotopic (exact) mass is 398 g/mol. The van der Waals surface area contributed by atoms with Gasteiger partial charge in [-0.05, 0) is 48.0 Å². The lowest BCUT2D eigenvalue weighted by Crippen LogP contribution is -2.42. The Hall–Kier alpha value is -3.36. The predicted octanol–water partition coefficient (Wildman–Crippen LogP) is 4.63. The Morgan fingerprint density at radius 2 is 1.46 bits per heavy atom. The summed E-state index contributed by atoms with van der Waals surface area (Å²) in [6, 6.07) is 9.96. The standard InChI is InChI=1S/C19H14F4O5/c1-18(20,21)19(22,23)28-15-9-5-13(6-10-15)17(26)27-14-7-2-12(3-8-14)4-11-16(24)25/h2-11H,1H3,(H,24,25)/b11-4+. The molecule has 1 N–H and O–H groups in total. The zero-order chi connectivity index (χ0) is 20.9. The van der Waals surface area contributed by atoms with Gasteiger partial charge in [-0.2, -0.15) is 17.6 Å². The Morgan fingerprint density at radius 3 is 1.96 bits per heavy atom. The van der Waals surface area contributed by atoms with Gasteiger partial charge in [0.1, 0.15) is 11.5 Å². The predicted molar refractivity (Wildman–Crippen MR) is 90.7 cm³/mol. The molecule has 2 aromatic carbocycles. The lowest BCUT2D eigenvalue weighted by atomic mass is 10.2. The van der Waals surface area contributed by atoms with Crippen LogP contribution in [0.3, 0.4) is 0 Å². The number of rotatable bonds is 7. The van der Waals surface area contributed by atoms with E-state index in [4.69, 9.17) is 9.84 Å². The minimum Gasteiger partial charge on any atom is -0.478 e. The van der Waals surface area contributed by atoms with Crippen molar-refractivity contribution >= 4 is 18.0 Å². The van der Waals surface area contributed by atoms with E-state index in [2.05, 4.69) is 4.74 Å². The van der Waals surface area contributed by atoms with E-state index >= 15 is 0 Å². The molecule has 148 valence electrons. The number of carbonyl (C=O) groups excluding carboxylic acids is 1. The van der Waals surface area contributed by atoms with Crippen LogP contribution in [0.15, 0.2) is 54.6 Å². The highest BCUT2D eigenvalue weighted by Gasteiger charge is 2.55. The normalized spacial score (nSPS) is 12.0. The molecular weight excluding hydrogens is 384 g/mol. The van der Waals surface area contributed by atoms with Crippen LogP contribution in [0.5, 0.6) is 11.5 Å². The van der Waals surface area contributed by atoms with Gasteiger partial charge in [0.2, 0.25) is 0 Å². The summed E-state index contributed by atoms with van der Waals surface area (Å²) in [6.07, 6.45) is -2.41. The highest BCUT2D eigenvalue weighted by atomic mass is 19.3. The zero-order valence-corrected chi connectivity index (χ0v) is 14.4. The van der Waals surface area contributed by atoms with Crippen LogP contribution in [-0.2, 0) is 4.79 Å². The molecule has 0 saturated carbocycles. The van der Waals surface area contributed by atoms with Gasteiger partial charge in [0, 0.05) is 13.0 Å². The Kier molecular flexibility index (Phi) is 6.07. The number of alkyl halides is 4. The van der Waals surface area contributed by atoms with E-state index in [0.29, 0.717) is 5.56 Å². The van der Waals surface area contributed by atoms with Gasteiger partial charge in [-0.3, -0.25) is 0 Å². The maximum absolute atomic E-state index is 13.2. The number of ether oxygens (including phenoxy) is 2. The first-order valence-electron chi connectivity index (χ1n) is 7.76. The number of carbonyl (C=O) groups is 2. The summed E-state index contributed by atoms with van der Waals surface area (Å²) in [5, 5.41) is 8.55. The molecule has 0 atom stereocenters. The first kappa shape index (κ1) is 20.9. The molecular formula is C19H14F4O5. The van der Waals surface area contributed by atoms with E-state index in [1.807, 2.05) is 0 Å². The Morgan fingerprint density at radius 1 is 0.929 bits per heavy atom. The van der Waals surface area contributed by atoms with Gasteiger partial charge in [0.05, 0.1) is 5.56 Å². The topological polar surface area (TPSA) is 72.8 Å². The summed E-state index contributed by atoms with van der Waals surface area (Å²) in [5.41, 5.74) is 0.547. The second kappa shape index (κ2) is 8.12. The highest BCUT2D eigenvalue weighted by Crippen LogP contribution is 2.35. The average Bonchev–Trinajstić information content (AvgIpc) is 2.60. The van der Waals surface area contributed by atoms with E-state index in [9.17, 15) is 27.2 Å². The Bertz CT molecular complexity index is 869. The van der Waals surface area contributed by atoms with Crippen molar-refractivity contribution in [2.24, 2.45) is 0 Å². The SMILES string of the molecule is CC(F)(F)C(F)(F)Oc1ccc(C(=O)Oc2ccc(/C=C/C(=O)O)cc2)cc1. The van der Waals surface area contributed by atoms with Crippen LogP contribution < -0.4 is 9.47 Å². The number of halogens is 4. The maximum Gasteiger partial charge on any atom is 0.463 e. The van der Waals surface area contributed by atoms with Gasteiger partial charge in [-0.1, -0.05) is 12.1 Å². The third-order valence-electron chi connectivity index (χ3n) is 3.36. The van der Waals surface area contributed by atoms with Crippen LogP contribution in [0.1, 0.15) is 22.8 Å². The maximum atomic E-state index is 13.2. The van der Waals surface area contributed by atoms with Crippen molar-refractivity contribution in [2.75, 3.05) is 0 Å². The second-order valence-electron chi connectivity index (χ2n) is 5.66. The lowest BCUT2D eigenvalue weighted by molar-refractivity contribution is -0.301. The number of benzene rings is 2. The van der Waals surface area contributed by atoms with Crippen molar-refractivity contribution in [1.29, 1.82) is 0 Å². The van der Waals surface area contributed by atoms with E-state index in [1.54, 1.807) is 0 Å². The van der Waals surface area contributed by atoms with E-state index in [-0.39, 0.29) is 18.2 Å². The van der Waals surface area contributed by atoms with Gasteiger partial charge in [-0.15, -0.1) is 0 Å². The molecule has 0 spiro atoms. The molecule has 9 heteroatoms. The average molecular weight is 398 g/mol. The molecule has 0 radical (unpaired) electrons. The summed E-state index contributed by atoms with van der Waals surface area (Å²) >= 11 is 0. The Labute approximate surface area is 156 Å². The van der Waals surface area contributed by atoms with E-state index < -0.39 is 29.7 Å². The van der Waals surface area contributed by atoms with Crippen molar-refractivity contribution in [3.8, 4) is 11.5 Å². The minimum absolute atomic E-state index is 0.0197. The summed E-state index contributed by atoms with van der Waals surface area (Å²) < 4.78 is 61.0. The molecule has 2 rings (SSSR count). The number of esters is 1. The molecule has 0 amide bonds. The van der Waals surface area contributed by atoms with Crippen LogP contribution in [0.25, 0.3) is 6.08 Å². The van der Waals surface area contributed by atoms with Crippen molar-refractivity contribution in [1.82, 2.24) is 0 Å².